The highest BCUT2D eigenvalue weighted by Gasteiger charge is 2.48. The molecular formula is C40H68N2O12. The Hall–Kier alpha value is -3.84. The summed E-state index contributed by atoms with van der Waals surface area (Å²) in [4.78, 5) is 77.1. The molecule has 0 radical (unpaired) electrons. The second-order valence-corrected chi connectivity index (χ2v) is 16.9. The van der Waals surface area contributed by atoms with Gasteiger partial charge >= 0.3 is 36.1 Å². The predicted octanol–water partition coefficient (Wildman–Crippen LogP) is 6.72. The fraction of sp³-hybridized carbons (Fsp3) is 0.800. The molecule has 0 saturated carbocycles. The van der Waals surface area contributed by atoms with Crippen LogP contribution in [0.25, 0.3) is 0 Å². The summed E-state index contributed by atoms with van der Waals surface area (Å²) in [5.41, 5.74) is -0.796. The van der Waals surface area contributed by atoms with Gasteiger partial charge in [-0.15, -0.1) is 0 Å². The lowest BCUT2D eigenvalue weighted by Gasteiger charge is -2.33. The van der Waals surface area contributed by atoms with Crippen molar-refractivity contribution < 1.29 is 57.2 Å². The minimum absolute atomic E-state index is 0.0134. The summed E-state index contributed by atoms with van der Waals surface area (Å²) in [6.45, 7) is 22.5. The van der Waals surface area contributed by atoms with E-state index in [0.717, 1.165) is 0 Å². The van der Waals surface area contributed by atoms with Crippen LogP contribution in [0.15, 0.2) is 11.6 Å². The highest BCUT2D eigenvalue weighted by molar-refractivity contribution is 5.89. The first-order valence-corrected chi connectivity index (χ1v) is 18.9. The molecule has 0 spiro atoms. The Morgan fingerprint density at radius 1 is 0.667 bits per heavy atom. The molecule has 0 bridgehead atoms. The second-order valence-electron chi connectivity index (χ2n) is 16.9. The Kier molecular flexibility index (Phi) is 18.5. The third-order valence-corrected chi connectivity index (χ3v) is 9.75. The van der Waals surface area contributed by atoms with Crippen molar-refractivity contribution in [3.8, 4) is 0 Å². The number of esters is 4. The van der Waals surface area contributed by atoms with Crippen LogP contribution in [0, 0.1) is 29.6 Å². The number of hydrogen-bond acceptors (Lipinski definition) is 12. The maximum absolute atomic E-state index is 12.8. The first-order chi connectivity index (χ1) is 24.8. The van der Waals surface area contributed by atoms with Crippen LogP contribution in [-0.2, 0) is 47.6 Å². The average Bonchev–Trinajstić information content (AvgIpc) is 3.58. The number of carbonyl (C=O) groups excluding carboxylic acids is 6. The Morgan fingerprint density at radius 2 is 1.09 bits per heavy atom. The van der Waals surface area contributed by atoms with E-state index in [9.17, 15) is 28.8 Å². The summed E-state index contributed by atoms with van der Waals surface area (Å²) < 4.78 is 30.6. The van der Waals surface area contributed by atoms with Gasteiger partial charge in [0.2, 0.25) is 0 Å². The van der Waals surface area contributed by atoms with Gasteiger partial charge in [-0.2, -0.15) is 0 Å². The van der Waals surface area contributed by atoms with Crippen LogP contribution in [0.5, 0.6) is 0 Å². The molecule has 7 atom stereocenters. The minimum atomic E-state index is -0.695. The van der Waals surface area contributed by atoms with Crippen LogP contribution in [0.2, 0.25) is 0 Å². The number of amides is 2. The van der Waals surface area contributed by atoms with Gasteiger partial charge in [0.1, 0.15) is 23.3 Å². The fourth-order valence-corrected chi connectivity index (χ4v) is 7.02. The first-order valence-electron chi connectivity index (χ1n) is 18.9. The summed E-state index contributed by atoms with van der Waals surface area (Å²) in [7, 11) is 5.36. The van der Waals surface area contributed by atoms with E-state index in [1.165, 1.54) is 38.2 Å². The molecular weight excluding hydrogens is 700 g/mol. The third-order valence-electron chi connectivity index (χ3n) is 9.75. The second kappa shape index (κ2) is 20.7. The van der Waals surface area contributed by atoms with Crippen LogP contribution < -0.4 is 0 Å². The fourth-order valence-electron chi connectivity index (χ4n) is 7.02. The number of methoxy groups -OCH3 is 4. The van der Waals surface area contributed by atoms with Crippen LogP contribution in [0.1, 0.15) is 115 Å². The largest absolute Gasteiger partial charge is 0.469 e. The average molecular weight is 769 g/mol. The van der Waals surface area contributed by atoms with E-state index in [2.05, 4.69) is 0 Å². The van der Waals surface area contributed by atoms with Gasteiger partial charge in [0.25, 0.3) is 0 Å². The van der Waals surface area contributed by atoms with Crippen molar-refractivity contribution in [2.24, 2.45) is 29.6 Å². The van der Waals surface area contributed by atoms with Crippen molar-refractivity contribution in [3.63, 3.8) is 0 Å². The van der Waals surface area contributed by atoms with Gasteiger partial charge < -0.3 is 28.4 Å². The molecule has 0 aliphatic carbocycles. The highest BCUT2D eigenvalue weighted by atomic mass is 16.6. The molecule has 1 unspecified atom stereocenters. The zero-order valence-electron chi connectivity index (χ0n) is 35.6. The van der Waals surface area contributed by atoms with E-state index >= 15 is 0 Å². The van der Waals surface area contributed by atoms with Crippen LogP contribution in [0.4, 0.5) is 9.59 Å². The first kappa shape index (κ1) is 48.2. The molecule has 2 saturated heterocycles. The van der Waals surface area contributed by atoms with Gasteiger partial charge in [0.05, 0.1) is 34.4 Å². The van der Waals surface area contributed by atoms with Crippen LogP contribution in [-0.4, -0.2) is 110 Å². The quantitative estimate of drug-likeness (QED) is 0.124. The topological polar surface area (TPSA) is 164 Å². The van der Waals surface area contributed by atoms with Crippen molar-refractivity contribution in [1.29, 1.82) is 0 Å². The van der Waals surface area contributed by atoms with Gasteiger partial charge in [-0.3, -0.25) is 14.6 Å². The zero-order chi connectivity index (χ0) is 41.9. The molecule has 14 nitrogen and oxygen atoms in total. The molecule has 2 amide bonds. The lowest BCUT2D eigenvalue weighted by atomic mass is 9.87. The third kappa shape index (κ3) is 13.8. The minimum Gasteiger partial charge on any atom is -0.469 e. The lowest BCUT2D eigenvalue weighted by Crippen LogP contribution is -2.48. The molecule has 0 aromatic heterocycles. The van der Waals surface area contributed by atoms with Gasteiger partial charge in [-0.1, -0.05) is 47.6 Å². The zero-order valence-corrected chi connectivity index (χ0v) is 35.6. The number of rotatable bonds is 11. The van der Waals surface area contributed by atoms with Gasteiger partial charge in [0.15, 0.2) is 0 Å². The molecule has 0 aromatic carbocycles. The van der Waals surface area contributed by atoms with Crippen molar-refractivity contribution in [2.45, 2.75) is 151 Å². The molecule has 2 aliphatic heterocycles. The molecule has 310 valence electrons. The summed E-state index contributed by atoms with van der Waals surface area (Å²) in [6, 6.07) is -1.84. The molecule has 2 heterocycles. The molecule has 2 fully saturated rings. The lowest BCUT2D eigenvalue weighted by molar-refractivity contribution is -0.148. The maximum Gasteiger partial charge on any atom is 0.411 e. The summed E-state index contributed by atoms with van der Waals surface area (Å²) in [5, 5.41) is 0. The van der Waals surface area contributed by atoms with Crippen molar-refractivity contribution in [2.75, 3.05) is 28.4 Å². The highest BCUT2D eigenvalue weighted by Crippen LogP contribution is 2.37. The Labute approximate surface area is 322 Å². The maximum atomic E-state index is 12.8. The monoisotopic (exact) mass is 768 g/mol. The number of hydrogen-bond donors (Lipinski definition) is 0. The SMILES string of the molecule is COC(=O)/C(=C/C[C@@H]1[C@H](C)C[C@@H](C(=O)OC)N1C(=O)OC(C)(C)C)C(C)C.COC(=O)C(CC[C@@H]1[C@H](C)C[C@@H](C(=O)OC)N1C(=O)OC(C)(C)C)C(C)C. The van der Waals surface area contributed by atoms with E-state index in [-0.39, 0.29) is 53.6 Å². The molecule has 54 heavy (non-hydrogen) atoms. The van der Waals surface area contributed by atoms with Crippen molar-refractivity contribution in [1.82, 2.24) is 9.80 Å². The van der Waals surface area contributed by atoms with Gasteiger partial charge in [-0.25, -0.2) is 24.0 Å². The van der Waals surface area contributed by atoms with E-state index in [1.807, 2.05) is 41.5 Å². The van der Waals surface area contributed by atoms with Crippen LogP contribution in [0.3, 0.4) is 0 Å². The summed E-state index contributed by atoms with van der Waals surface area (Å²) in [6.07, 6.45) is 3.32. The van der Waals surface area contributed by atoms with Crippen molar-refractivity contribution >= 4 is 36.1 Å². The van der Waals surface area contributed by atoms with E-state index in [4.69, 9.17) is 28.4 Å². The van der Waals surface area contributed by atoms with Crippen LogP contribution >= 0.6 is 0 Å². The Balaban J connectivity index is 0.000000540. The van der Waals surface area contributed by atoms with Gasteiger partial charge in [0, 0.05) is 17.7 Å². The molecule has 14 heteroatoms. The predicted molar refractivity (Wildman–Crippen MR) is 202 cm³/mol. The molecule has 2 rings (SSSR count). The Bertz CT molecular complexity index is 1330. The van der Waals surface area contributed by atoms with E-state index < -0.39 is 47.4 Å². The van der Waals surface area contributed by atoms with E-state index in [1.54, 1.807) is 47.6 Å². The smallest absolute Gasteiger partial charge is 0.411 e. The number of likely N-dealkylation sites (tertiary alicyclic amines) is 2. The standard InChI is InChI=1S/C20H35NO6.C20H33NO6/c2*1-12(2)14(17(22)25-7)9-10-15-13(3)11-16(18(23)26-8)21(15)19(24)27-20(4,5)6/h12-16H,9-11H2,1-8H3;9,12-13,15-16H,10-11H2,1-8H3/b;14-9+/t13-,14?,15-,16+;13-,15-,16+/m11/s1. The van der Waals surface area contributed by atoms with Crippen molar-refractivity contribution in [3.05, 3.63) is 11.6 Å². The number of nitrogens with zero attached hydrogens (tertiary/aromatic N) is 2. The van der Waals surface area contributed by atoms with E-state index in [0.29, 0.717) is 37.7 Å². The Morgan fingerprint density at radius 3 is 1.44 bits per heavy atom. The summed E-state index contributed by atoms with van der Waals surface area (Å²) >= 11 is 0. The number of carbonyl (C=O) groups is 6. The number of ether oxygens (including phenoxy) is 6. The normalized spacial score (nSPS) is 23.6. The molecule has 0 N–H and O–H groups in total. The molecule has 2 aliphatic rings. The summed E-state index contributed by atoms with van der Waals surface area (Å²) in [5.74, 6) is -1.54. The molecule has 0 aromatic rings. The van der Waals surface area contributed by atoms with Gasteiger partial charge in [-0.05, 0) is 97.3 Å².